The molecule has 1 heterocycles. The Bertz CT molecular complexity index is 960. The molecule has 0 N–H and O–H groups in total. The van der Waals surface area contributed by atoms with Crippen LogP contribution < -0.4 is 5.06 Å². The first-order valence-electron chi connectivity index (χ1n) is 8.49. The molecule has 1 aliphatic rings. The number of hydrogen-bond donors (Lipinski definition) is 0. The molecular weight excluding hydrogens is 346 g/mol. The van der Waals surface area contributed by atoms with Crippen LogP contribution in [0.4, 0.5) is 5.69 Å². The number of rotatable bonds is 4. The average molecular weight is 365 g/mol. The van der Waals surface area contributed by atoms with Crippen molar-refractivity contribution in [3.63, 3.8) is 0 Å². The molecule has 0 aliphatic carbocycles. The van der Waals surface area contributed by atoms with Gasteiger partial charge in [-0.2, -0.15) is 0 Å². The Hall–Kier alpha value is -2.63. The third kappa shape index (κ3) is 3.00. The molecule has 1 aliphatic heterocycles. The van der Waals surface area contributed by atoms with E-state index < -0.39 is 21.1 Å². The molecule has 0 saturated carbocycles. The monoisotopic (exact) mass is 365 g/mol. The van der Waals surface area contributed by atoms with Crippen molar-refractivity contribution in [1.29, 1.82) is 0 Å². The summed E-state index contributed by atoms with van der Waals surface area (Å²) in [5, 5.41) is 1.04. The van der Waals surface area contributed by atoms with Crippen LogP contribution in [-0.4, -0.2) is 20.3 Å². The number of benzene rings is 3. The fourth-order valence-corrected chi connectivity index (χ4v) is 5.06. The van der Waals surface area contributed by atoms with E-state index in [9.17, 15) is 8.42 Å². The highest BCUT2D eigenvalue weighted by molar-refractivity contribution is 7.92. The lowest BCUT2D eigenvalue weighted by Crippen LogP contribution is -2.32. The molecule has 3 aromatic carbocycles. The Morgan fingerprint density at radius 3 is 1.92 bits per heavy atom. The topological polar surface area (TPSA) is 46.6 Å². The minimum atomic E-state index is -3.54. The number of para-hydroxylation sites is 1. The number of nitrogens with zero attached hydrogens (tertiary/aromatic N) is 1. The van der Waals surface area contributed by atoms with Gasteiger partial charge in [0.05, 0.1) is 17.2 Å². The van der Waals surface area contributed by atoms with Crippen molar-refractivity contribution < 1.29 is 13.3 Å². The first-order chi connectivity index (χ1) is 12.7. The molecule has 0 radical (unpaired) electrons. The highest BCUT2D eigenvalue weighted by atomic mass is 32.2. The quantitative estimate of drug-likeness (QED) is 0.701. The van der Waals surface area contributed by atoms with E-state index in [1.807, 2.05) is 66.7 Å². The van der Waals surface area contributed by atoms with Gasteiger partial charge in [-0.05, 0) is 29.8 Å². The lowest BCUT2D eigenvalue weighted by molar-refractivity contribution is 0.159. The van der Waals surface area contributed by atoms with Crippen molar-refractivity contribution in [2.75, 3.05) is 11.7 Å². The van der Waals surface area contributed by atoms with Gasteiger partial charge in [-0.3, -0.25) is 4.84 Å². The fraction of sp³-hybridized carbons (Fsp3) is 0.143. The van der Waals surface area contributed by atoms with E-state index in [4.69, 9.17) is 4.84 Å². The van der Waals surface area contributed by atoms with Crippen molar-refractivity contribution in [2.45, 2.75) is 16.2 Å². The van der Waals surface area contributed by atoms with Crippen LogP contribution in [0.3, 0.4) is 0 Å². The van der Waals surface area contributed by atoms with E-state index in [1.54, 1.807) is 29.3 Å². The molecule has 4 rings (SSSR count). The number of sulfone groups is 1. The summed E-state index contributed by atoms with van der Waals surface area (Å²) >= 11 is 0. The Kier molecular flexibility index (Phi) is 4.49. The zero-order chi connectivity index (χ0) is 18.0. The zero-order valence-corrected chi connectivity index (χ0v) is 14.9. The van der Waals surface area contributed by atoms with E-state index in [1.165, 1.54) is 0 Å². The van der Waals surface area contributed by atoms with Gasteiger partial charge in [-0.25, -0.2) is 13.5 Å². The van der Waals surface area contributed by atoms with Gasteiger partial charge < -0.3 is 0 Å². The van der Waals surface area contributed by atoms with E-state index in [0.29, 0.717) is 4.90 Å². The second-order valence-corrected chi connectivity index (χ2v) is 8.38. The van der Waals surface area contributed by atoms with Gasteiger partial charge in [-0.15, -0.1) is 0 Å². The maximum Gasteiger partial charge on any atom is 0.186 e. The lowest BCUT2D eigenvalue weighted by atomic mass is 10.0. The van der Waals surface area contributed by atoms with Crippen LogP contribution in [-0.2, 0) is 14.7 Å². The van der Waals surface area contributed by atoms with E-state index in [2.05, 4.69) is 0 Å². The van der Waals surface area contributed by atoms with Crippen molar-refractivity contribution in [2.24, 2.45) is 0 Å². The summed E-state index contributed by atoms with van der Waals surface area (Å²) in [6.45, 7) is 0.117. The molecular formula is C21H19NO3S. The third-order valence-corrected chi connectivity index (χ3v) is 6.73. The van der Waals surface area contributed by atoms with Crippen LogP contribution in [0.1, 0.15) is 11.6 Å². The third-order valence-electron chi connectivity index (χ3n) is 4.60. The summed E-state index contributed by atoms with van der Waals surface area (Å²) in [5.74, 6) is 0. The first-order valence-corrected chi connectivity index (χ1v) is 10.0. The average Bonchev–Trinajstić information content (AvgIpc) is 3.16. The van der Waals surface area contributed by atoms with Crippen LogP contribution in [0.2, 0.25) is 0 Å². The highest BCUT2D eigenvalue weighted by Crippen LogP contribution is 2.40. The van der Waals surface area contributed by atoms with Crippen molar-refractivity contribution >= 4 is 15.5 Å². The Morgan fingerprint density at radius 1 is 0.769 bits per heavy atom. The molecule has 5 heteroatoms. The highest BCUT2D eigenvalue weighted by Gasteiger charge is 2.45. The Morgan fingerprint density at radius 2 is 1.31 bits per heavy atom. The number of hydroxylamine groups is 1. The first kappa shape index (κ1) is 16.8. The molecule has 2 atom stereocenters. The Labute approximate surface area is 153 Å². The molecule has 1 fully saturated rings. The van der Waals surface area contributed by atoms with Crippen LogP contribution in [0.25, 0.3) is 0 Å². The van der Waals surface area contributed by atoms with Crippen LogP contribution in [0.5, 0.6) is 0 Å². The number of anilines is 1. The molecule has 26 heavy (non-hydrogen) atoms. The molecule has 0 bridgehead atoms. The molecule has 132 valence electrons. The van der Waals surface area contributed by atoms with Gasteiger partial charge in [0, 0.05) is 0 Å². The van der Waals surface area contributed by atoms with E-state index >= 15 is 0 Å². The van der Waals surface area contributed by atoms with Crippen LogP contribution in [0.15, 0.2) is 95.9 Å². The molecule has 0 aromatic heterocycles. The van der Waals surface area contributed by atoms with Crippen LogP contribution in [0, 0.1) is 0 Å². The molecule has 0 spiro atoms. The predicted octanol–water partition coefficient (Wildman–Crippen LogP) is 4.02. The Balaban J connectivity index is 1.80. The second kappa shape index (κ2) is 6.94. The lowest BCUT2D eigenvalue weighted by Gasteiger charge is -2.27. The maximum absolute atomic E-state index is 13.3. The van der Waals surface area contributed by atoms with Crippen molar-refractivity contribution in [1.82, 2.24) is 0 Å². The van der Waals surface area contributed by atoms with Gasteiger partial charge in [0.15, 0.2) is 9.84 Å². The normalized spacial score (nSPS) is 20.2. The SMILES string of the molecule is O=S(=O)(c1ccccc1)[C@H]1CON(c2ccccc2)[C@@H]1c1ccccc1. The molecule has 0 unspecified atom stereocenters. The minimum Gasteiger partial charge on any atom is -0.271 e. The molecule has 3 aromatic rings. The summed E-state index contributed by atoms with van der Waals surface area (Å²) < 4.78 is 26.6. The summed E-state index contributed by atoms with van der Waals surface area (Å²) in [6, 6.07) is 27.4. The van der Waals surface area contributed by atoms with Gasteiger partial charge >= 0.3 is 0 Å². The standard InChI is InChI=1S/C21H19NO3S/c23-26(24,19-14-8-3-9-15-19)20-16-25-22(18-12-6-2-7-13-18)21(20)17-10-4-1-5-11-17/h1-15,20-21H,16H2/t20-,21+/m0/s1. The second-order valence-electron chi connectivity index (χ2n) is 6.21. The molecule has 1 saturated heterocycles. The molecule has 4 nitrogen and oxygen atoms in total. The largest absolute Gasteiger partial charge is 0.271 e. The summed E-state index contributed by atoms with van der Waals surface area (Å²) in [6.07, 6.45) is 0. The van der Waals surface area contributed by atoms with Crippen molar-refractivity contribution in [3.05, 3.63) is 96.6 Å². The van der Waals surface area contributed by atoms with Gasteiger partial charge in [0.2, 0.25) is 0 Å². The smallest absolute Gasteiger partial charge is 0.186 e. The zero-order valence-electron chi connectivity index (χ0n) is 14.1. The fourth-order valence-electron chi connectivity index (χ4n) is 3.33. The maximum atomic E-state index is 13.3. The summed E-state index contributed by atoms with van der Waals surface area (Å²) in [7, 11) is -3.54. The van der Waals surface area contributed by atoms with Crippen molar-refractivity contribution in [3.8, 4) is 0 Å². The number of hydrogen-bond acceptors (Lipinski definition) is 4. The minimum absolute atomic E-state index is 0.117. The van der Waals surface area contributed by atoms with E-state index in [0.717, 1.165) is 11.3 Å². The van der Waals surface area contributed by atoms with E-state index in [-0.39, 0.29) is 6.61 Å². The summed E-state index contributed by atoms with van der Waals surface area (Å²) in [5.41, 5.74) is 1.76. The van der Waals surface area contributed by atoms with Gasteiger partial charge in [0.25, 0.3) is 0 Å². The van der Waals surface area contributed by atoms with Gasteiger partial charge in [0.1, 0.15) is 11.3 Å². The summed E-state index contributed by atoms with van der Waals surface area (Å²) in [4.78, 5) is 6.20. The van der Waals surface area contributed by atoms with Gasteiger partial charge in [-0.1, -0.05) is 66.7 Å². The van der Waals surface area contributed by atoms with Crippen LogP contribution >= 0.6 is 0 Å². The molecule has 0 amide bonds. The predicted molar refractivity (Wildman–Crippen MR) is 101 cm³/mol.